The molecule has 0 amide bonds. The van der Waals surface area contributed by atoms with Gasteiger partial charge in [-0.25, -0.2) is 0 Å². The first kappa shape index (κ1) is 17.1. The zero-order valence-electron chi connectivity index (χ0n) is 14.1. The zero-order valence-corrected chi connectivity index (χ0v) is 14.1. The average molecular weight is 335 g/mol. The van der Waals surface area contributed by atoms with Crippen molar-refractivity contribution in [3.63, 3.8) is 0 Å². The Morgan fingerprint density at radius 2 is 1.92 bits per heavy atom. The summed E-state index contributed by atoms with van der Waals surface area (Å²) in [5.41, 5.74) is 3.05. The molecule has 5 heteroatoms. The molecule has 0 fully saturated rings. The van der Waals surface area contributed by atoms with Crippen molar-refractivity contribution >= 4 is 0 Å². The molecule has 0 spiro atoms. The van der Waals surface area contributed by atoms with Gasteiger partial charge in [0.05, 0.1) is 12.3 Å². The highest BCUT2D eigenvalue weighted by Gasteiger charge is 2.07. The van der Waals surface area contributed by atoms with E-state index in [1.54, 1.807) is 24.8 Å². The third-order valence-corrected chi connectivity index (χ3v) is 3.86. The number of pyridine rings is 2. The van der Waals surface area contributed by atoms with E-state index in [4.69, 9.17) is 4.74 Å². The van der Waals surface area contributed by atoms with E-state index in [-0.39, 0.29) is 0 Å². The lowest BCUT2D eigenvalue weighted by molar-refractivity contribution is 0.174. The maximum Gasteiger partial charge on any atom is 0.145 e. The smallest absolute Gasteiger partial charge is 0.145 e. The van der Waals surface area contributed by atoms with Gasteiger partial charge in [0, 0.05) is 31.7 Å². The topological polar surface area (TPSA) is 67.3 Å². The largest absolute Gasteiger partial charge is 0.455 e. The van der Waals surface area contributed by atoms with Gasteiger partial charge in [-0.3, -0.25) is 9.97 Å². The summed E-state index contributed by atoms with van der Waals surface area (Å²) in [6, 6.07) is 13.4. The number of benzene rings is 1. The highest BCUT2D eigenvalue weighted by atomic mass is 16.5. The highest BCUT2D eigenvalue weighted by Crippen LogP contribution is 2.25. The van der Waals surface area contributed by atoms with Crippen molar-refractivity contribution in [2.24, 2.45) is 0 Å². The molecule has 25 heavy (non-hydrogen) atoms. The van der Waals surface area contributed by atoms with Crippen LogP contribution in [0, 0.1) is 6.92 Å². The lowest BCUT2D eigenvalue weighted by Gasteiger charge is -2.13. The lowest BCUT2D eigenvalue weighted by Crippen LogP contribution is -2.21. The molecular weight excluding hydrogens is 314 g/mol. The van der Waals surface area contributed by atoms with Gasteiger partial charge >= 0.3 is 0 Å². The van der Waals surface area contributed by atoms with Gasteiger partial charge in [0.2, 0.25) is 0 Å². The molecule has 1 atom stereocenters. The van der Waals surface area contributed by atoms with Crippen LogP contribution in [-0.4, -0.2) is 21.6 Å². The number of nitrogens with one attached hydrogen (secondary N) is 1. The van der Waals surface area contributed by atoms with Crippen LogP contribution in [-0.2, 0) is 6.54 Å². The van der Waals surface area contributed by atoms with Crippen molar-refractivity contribution in [2.75, 3.05) is 6.54 Å². The molecule has 0 aliphatic rings. The SMILES string of the molecule is Cc1cc(CNCC(O)c2ccncc2)ccc1Oc1cccnc1. The molecule has 128 valence electrons. The van der Waals surface area contributed by atoms with Gasteiger partial charge in [-0.05, 0) is 53.9 Å². The Balaban J connectivity index is 1.54. The summed E-state index contributed by atoms with van der Waals surface area (Å²) in [5.74, 6) is 1.53. The van der Waals surface area contributed by atoms with Crippen molar-refractivity contribution in [3.05, 3.63) is 83.9 Å². The van der Waals surface area contributed by atoms with Crippen LogP contribution in [0.3, 0.4) is 0 Å². The van der Waals surface area contributed by atoms with Gasteiger partial charge in [-0.2, -0.15) is 0 Å². The molecule has 1 unspecified atom stereocenters. The molecular formula is C20H21N3O2. The lowest BCUT2D eigenvalue weighted by atomic mass is 10.1. The summed E-state index contributed by atoms with van der Waals surface area (Å²) < 4.78 is 5.84. The van der Waals surface area contributed by atoms with E-state index < -0.39 is 6.10 Å². The van der Waals surface area contributed by atoms with E-state index in [9.17, 15) is 5.11 Å². The summed E-state index contributed by atoms with van der Waals surface area (Å²) in [4.78, 5) is 8.00. The molecule has 0 saturated heterocycles. The van der Waals surface area contributed by atoms with Crippen LogP contribution in [0.15, 0.2) is 67.3 Å². The molecule has 1 aromatic carbocycles. The first-order valence-corrected chi connectivity index (χ1v) is 8.18. The third kappa shape index (κ3) is 4.86. The number of hydrogen-bond acceptors (Lipinski definition) is 5. The van der Waals surface area contributed by atoms with Gasteiger partial charge in [-0.1, -0.05) is 12.1 Å². The number of ether oxygens (including phenoxy) is 1. The Hall–Kier alpha value is -2.76. The van der Waals surface area contributed by atoms with Crippen LogP contribution in [0.4, 0.5) is 0 Å². The number of nitrogens with zero attached hydrogens (tertiary/aromatic N) is 2. The fraction of sp³-hybridized carbons (Fsp3) is 0.200. The molecule has 0 aliphatic heterocycles. The maximum absolute atomic E-state index is 10.1. The van der Waals surface area contributed by atoms with Gasteiger partial charge in [0.15, 0.2) is 0 Å². The fourth-order valence-electron chi connectivity index (χ4n) is 2.53. The van der Waals surface area contributed by atoms with Gasteiger partial charge in [0.1, 0.15) is 11.5 Å². The molecule has 5 nitrogen and oxygen atoms in total. The molecule has 0 aliphatic carbocycles. The van der Waals surface area contributed by atoms with Crippen molar-refractivity contribution < 1.29 is 9.84 Å². The predicted molar refractivity (Wildman–Crippen MR) is 96.4 cm³/mol. The van der Waals surface area contributed by atoms with E-state index >= 15 is 0 Å². The van der Waals surface area contributed by atoms with Gasteiger partial charge < -0.3 is 15.2 Å². The number of aliphatic hydroxyl groups excluding tert-OH is 1. The molecule has 0 bridgehead atoms. The normalized spacial score (nSPS) is 11.9. The van der Waals surface area contributed by atoms with E-state index in [0.29, 0.717) is 13.1 Å². The monoisotopic (exact) mass is 335 g/mol. The molecule has 2 heterocycles. The molecule has 0 saturated carbocycles. The molecule has 2 N–H and O–H groups in total. The minimum absolute atomic E-state index is 0.483. The summed E-state index contributed by atoms with van der Waals surface area (Å²) >= 11 is 0. The predicted octanol–water partition coefficient (Wildman–Crippen LogP) is 3.40. The second-order valence-corrected chi connectivity index (χ2v) is 5.82. The first-order valence-electron chi connectivity index (χ1n) is 8.18. The van der Waals surface area contributed by atoms with Crippen LogP contribution in [0.1, 0.15) is 22.8 Å². The second-order valence-electron chi connectivity index (χ2n) is 5.82. The van der Waals surface area contributed by atoms with E-state index in [1.807, 2.05) is 43.3 Å². The van der Waals surface area contributed by atoms with Gasteiger partial charge in [0.25, 0.3) is 0 Å². The molecule has 3 rings (SSSR count). The summed E-state index contributed by atoms with van der Waals surface area (Å²) in [5, 5.41) is 13.4. The Morgan fingerprint density at radius 1 is 1.08 bits per heavy atom. The van der Waals surface area contributed by atoms with Crippen molar-refractivity contribution in [2.45, 2.75) is 19.6 Å². The summed E-state index contributed by atoms with van der Waals surface area (Å²) in [7, 11) is 0. The fourth-order valence-corrected chi connectivity index (χ4v) is 2.53. The molecule has 3 aromatic rings. The number of hydrogen-bond donors (Lipinski definition) is 2. The van der Waals surface area contributed by atoms with Crippen LogP contribution >= 0.6 is 0 Å². The maximum atomic E-state index is 10.1. The second kappa shape index (κ2) is 8.37. The third-order valence-electron chi connectivity index (χ3n) is 3.86. The molecule has 2 aromatic heterocycles. The van der Waals surface area contributed by atoms with E-state index in [0.717, 1.165) is 28.2 Å². The Kier molecular flexibility index (Phi) is 5.72. The summed E-state index contributed by atoms with van der Waals surface area (Å²) in [6.07, 6.45) is 6.23. The van der Waals surface area contributed by atoms with Crippen molar-refractivity contribution in [1.82, 2.24) is 15.3 Å². The van der Waals surface area contributed by atoms with Crippen molar-refractivity contribution in [3.8, 4) is 11.5 Å². The number of aryl methyl sites for hydroxylation is 1. The Morgan fingerprint density at radius 3 is 2.64 bits per heavy atom. The number of aliphatic hydroxyl groups is 1. The Labute approximate surface area is 147 Å². The van der Waals surface area contributed by atoms with E-state index in [1.165, 1.54) is 0 Å². The summed E-state index contributed by atoms with van der Waals surface area (Å²) in [6.45, 7) is 3.17. The first-order chi connectivity index (χ1) is 12.2. The van der Waals surface area contributed by atoms with Crippen LogP contribution in [0.5, 0.6) is 11.5 Å². The quantitative estimate of drug-likeness (QED) is 0.693. The minimum atomic E-state index is -0.544. The highest BCUT2D eigenvalue weighted by molar-refractivity contribution is 5.39. The van der Waals surface area contributed by atoms with Crippen LogP contribution in [0.2, 0.25) is 0 Å². The number of rotatable bonds is 7. The standard InChI is InChI=1S/C20H21N3O2/c1-15-11-16(4-5-20(15)25-18-3-2-8-22-13-18)12-23-14-19(24)17-6-9-21-10-7-17/h2-11,13,19,23-24H,12,14H2,1H3. The van der Waals surface area contributed by atoms with E-state index in [2.05, 4.69) is 21.4 Å². The molecule has 0 radical (unpaired) electrons. The number of aromatic nitrogens is 2. The van der Waals surface area contributed by atoms with Crippen molar-refractivity contribution in [1.29, 1.82) is 0 Å². The van der Waals surface area contributed by atoms with Crippen LogP contribution < -0.4 is 10.1 Å². The van der Waals surface area contributed by atoms with Crippen LogP contribution in [0.25, 0.3) is 0 Å². The minimum Gasteiger partial charge on any atom is -0.455 e. The Bertz CT molecular complexity index is 795. The zero-order chi connectivity index (χ0) is 17.5. The van der Waals surface area contributed by atoms with Gasteiger partial charge in [-0.15, -0.1) is 0 Å². The average Bonchev–Trinajstić information content (AvgIpc) is 2.65.